The van der Waals surface area contributed by atoms with Crippen LogP contribution in [0.4, 0.5) is 5.69 Å². The van der Waals surface area contributed by atoms with Crippen LogP contribution in [0.25, 0.3) is 16.9 Å². The number of hydrogen-bond donors (Lipinski definition) is 1. The lowest BCUT2D eigenvalue weighted by atomic mass is 10.2. The van der Waals surface area contributed by atoms with Gasteiger partial charge in [-0.3, -0.25) is 9.25 Å². The number of nitrogens with two attached hydrogens (primary N) is 1. The molecule has 0 fully saturated rings. The van der Waals surface area contributed by atoms with E-state index in [9.17, 15) is 0 Å². The van der Waals surface area contributed by atoms with Crippen LogP contribution in [0.5, 0.6) is 0 Å². The van der Waals surface area contributed by atoms with E-state index in [1.165, 1.54) is 0 Å². The summed E-state index contributed by atoms with van der Waals surface area (Å²) in [6, 6.07) is 7.72. The van der Waals surface area contributed by atoms with Crippen LogP contribution in [0.3, 0.4) is 0 Å². The summed E-state index contributed by atoms with van der Waals surface area (Å²) in [5.41, 5.74) is 9.57. The summed E-state index contributed by atoms with van der Waals surface area (Å²) in [6.07, 6.45) is 7.51. The number of aryl methyl sites for hydroxylation is 1. The van der Waals surface area contributed by atoms with Crippen molar-refractivity contribution in [2.24, 2.45) is 0 Å². The van der Waals surface area contributed by atoms with Crippen molar-refractivity contribution < 1.29 is 0 Å². The molecule has 0 aliphatic carbocycles. The molecule has 0 aliphatic heterocycles. The van der Waals surface area contributed by atoms with Gasteiger partial charge in [0, 0.05) is 29.7 Å². The van der Waals surface area contributed by atoms with Crippen molar-refractivity contribution in [1.82, 2.24) is 19.3 Å². The van der Waals surface area contributed by atoms with E-state index in [2.05, 4.69) is 17.0 Å². The molecule has 0 bridgehead atoms. The summed E-state index contributed by atoms with van der Waals surface area (Å²) >= 11 is 0. The molecule has 0 unspecified atom stereocenters. The molecule has 2 aromatic heterocycles. The molecule has 3 aromatic rings. The summed E-state index contributed by atoms with van der Waals surface area (Å²) in [6.45, 7) is 2.92. The maximum atomic E-state index is 5.71. The fourth-order valence-corrected chi connectivity index (χ4v) is 2.02. The first-order valence-corrected chi connectivity index (χ1v) is 6.19. The van der Waals surface area contributed by atoms with Crippen LogP contribution in [-0.2, 0) is 6.54 Å². The molecule has 1 aromatic carbocycles. The number of hydrogen-bond acceptors (Lipinski definition) is 3. The van der Waals surface area contributed by atoms with Crippen LogP contribution in [0.15, 0.2) is 49.2 Å². The Kier molecular flexibility index (Phi) is 2.79. The van der Waals surface area contributed by atoms with Crippen molar-refractivity contribution in [2.45, 2.75) is 13.5 Å². The zero-order valence-electron chi connectivity index (χ0n) is 10.7. The number of nitrogens with zero attached hydrogens (tertiary/aromatic N) is 4. The highest BCUT2D eigenvalue weighted by Gasteiger charge is 2.08. The Labute approximate surface area is 111 Å². The molecule has 19 heavy (non-hydrogen) atoms. The Balaban J connectivity index is 2.04. The SMILES string of the molecule is CCn1cc(-c2cncn2-c2ccc(N)cc2)cn1. The second-order valence-corrected chi connectivity index (χ2v) is 4.33. The Bertz CT molecular complexity index is 678. The largest absolute Gasteiger partial charge is 0.399 e. The second-order valence-electron chi connectivity index (χ2n) is 4.33. The lowest BCUT2D eigenvalue weighted by Crippen LogP contribution is -1.95. The van der Waals surface area contributed by atoms with Crippen molar-refractivity contribution in [3.63, 3.8) is 0 Å². The quantitative estimate of drug-likeness (QED) is 0.729. The first-order valence-electron chi connectivity index (χ1n) is 6.19. The van der Waals surface area contributed by atoms with Gasteiger partial charge in [0.2, 0.25) is 0 Å². The van der Waals surface area contributed by atoms with Gasteiger partial charge in [-0.2, -0.15) is 5.10 Å². The van der Waals surface area contributed by atoms with Crippen molar-refractivity contribution in [1.29, 1.82) is 0 Å². The van der Waals surface area contributed by atoms with Crippen LogP contribution >= 0.6 is 0 Å². The van der Waals surface area contributed by atoms with Gasteiger partial charge in [0.05, 0.1) is 24.4 Å². The van der Waals surface area contributed by atoms with Gasteiger partial charge in [0.25, 0.3) is 0 Å². The minimum Gasteiger partial charge on any atom is -0.399 e. The molecule has 5 nitrogen and oxygen atoms in total. The summed E-state index contributed by atoms with van der Waals surface area (Å²) in [7, 11) is 0. The average Bonchev–Trinajstić information content (AvgIpc) is 3.07. The molecule has 0 amide bonds. The third kappa shape index (κ3) is 2.10. The van der Waals surface area contributed by atoms with Gasteiger partial charge in [0.15, 0.2) is 0 Å². The maximum Gasteiger partial charge on any atom is 0.0997 e. The lowest BCUT2D eigenvalue weighted by molar-refractivity contribution is 0.660. The monoisotopic (exact) mass is 253 g/mol. The number of rotatable bonds is 3. The molecule has 2 N–H and O–H groups in total. The molecular weight excluding hydrogens is 238 g/mol. The Morgan fingerprint density at radius 2 is 1.95 bits per heavy atom. The summed E-state index contributed by atoms with van der Waals surface area (Å²) in [4.78, 5) is 4.23. The molecule has 2 heterocycles. The normalized spacial score (nSPS) is 10.8. The number of imidazole rings is 1. The minimum atomic E-state index is 0.754. The van der Waals surface area contributed by atoms with E-state index in [1.807, 2.05) is 52.1 Å². The fraction of sp³-hybridized carbons (Fsp3) is 0.143. The Morgan fingerprint density at radius 3 is 2.63 bits per heavy atom. The van der Waals surface area contributed by atoms with Crippen LogP contribution < -0.4 is 5.73 Å². The van der Waals surface area contributed by atoms with E-state index in [0.29, 0.717) is 0 Å². The first-order chi connectivity index (χ1) is 9.28. The molecule has 5 heteroatoms. The molecular formula is C14H15N5. The van der Waals surface area contributed by atoms with E-state index in [4.69, 9.17) is 5.73 Å². The smallest absolute Gasteiger partial charge is 0.0997 e. The predicted molar refractivity (Wildman–Crippen MR) is 74.9 cm³/mol. The van der Waals surface area contributed by atoms with E-state index in [1.54, 1.807) is 6.33 Å². The van der Waals surface area contributed by atoms with E-state index in [0.717, 1.165) is 29.2 Å². The maximum absolute atomic E-state index is 5.71. The number of anilines is 1. The molecule has 0 saturated carbocycles. The number of benzene rings is 1. The first kappa shape index (κ1) is 11.5. The highest BCUT2D eigenvalue weighted by atomic mass is 15.3. The van der Waals surface area contributed by atoms with Crippen LogP contribution in [0, 0.1) is 0 Å². The fourth-order valence-electron chi connectivity index (χ4n) is 2.02. The molecule has 0 spiro atoms. The van der Waals surface area contributed by atoms with E-state index in [-0.39, 0.29) is 0 Å². The number of aromatic nitrogens is 4. The van der Waals surface area contributed by atoms with Crippen molar-refractivity contribution >= 4 is 5.69 Å². The highest BCUT2D eigenvalue weighted by Crippen LogP contribution is 2.22. The Hall–Kier alpha value is -2.56. The van der Waals surface area contributed by atoms with Crippen molar-refractivity contribution in [2.75, 3.05) is 5.73 Å². The number of nitrogen functional groups attached to an aromatic ring is 1. The van der Waals surface area contributed by atoms with Gasteiger partial charge in [-0.25, -0.2) is 4.98 Å². The third-order valence-electron chi connectivity index (χ3n) is 3.06. The van der Waals surface area contributed by atoms with Gasteiger partial charge in [-0.15, -0.1) is 0 Å². The van der Waals surface area contributed by atoms with Gasteiger partial charge in [0.1, 0.15) is 0 Å². The van der Waals surface area contributed by atoms with Crippen molar-refractivity contribution in [3.05, 3.63) is 49.2 Å². The standard InChI is InChI=1S/C14H15N5/c1-2-18-9-11(7-17-18)14-8-16-10-19(14)13-5-3-12(15)4-6-13/h3-10H,2,15H2,1H3. The highest BCUT2D eigenvalue weighted by molar-refractivity contribution is 5.60. The van der Waals surface area contributed by atoms with Crippen molar-refractivity contribution in [3.8, 4) is 16.9 Å². The molecule has 0 saturated heterocycles. The van der Waals surface area contributed by atoms with Crippen LogP contribution in [0.1, 0.15) is 6.92 Å². The topological polar surface area (TPSA) is 61.7 Å². The molecule has 3 rings (SSSR count). The molecule has 0 aliphatic rings. The van der Waals surface area contributed by atoms with Gasteiger partial charge in [-0.05, 0) is 31.2 Å². The zero-order valence-corrected chi connectivity index (χ0v) is 10.7. The average molecular weight is 253 g/mol. The molecule has 0 radical (unpaired) electrons. The Morgan fingerprint density at radius 1 is 1.16 bits per heavy atom. The van der Waals surface area contributed by atoms with Gasteiger partial charge < -0.3 is 5.73 Å². The van der Waals surface area contributed by atoms with E-state index < -0.39 is 0 Å². The summed E-state index contributed by atoms with van der Waals surface area (Å²) < 4.78 is 3.92. The summed E-state index contributed by atoms with van der Waals surface area (Å²) in [5.74, 6) is 0. The molecule has 0 atom stereocenters. The lowest BCUT2D eigenvalue weighted by Gasteiger charge is -2.06. The van der Waals surface area contributed by atoms with Crippen LogP contribution in [0.2, 0.25) is 0 Å². The van der Waals surface area contributed by atoms with Gasteiger partial charge >= 0.3 is 0 Å². The van der Waals surface area contributed by atoms with Crippen LogP contribution in [-0.4, -0.2) is 19.3 Å². The van der Waals surface area contributed by atoms with Gasteiger partial charge in [-0.1, -0.05) is 0 Å². The zero-order chi connectivity index (χ0) is 13.2. The molecule has 96 valence electrons. The minimum absolute atomic E-state index is 0.754. The predicted octanol–water partition coefficient (Wildman–Crippen LogP) is 2.34. The second kappa shape index (κ2) is 4.61. The summed E-state index contributed by atoms with van der Waals surface area (Å²) in [5, 5.41) is 4.30. The third-order valence-corrected chi connectivity index (χ3v) is 3.06. The van der Waals surface area contributed by atoms with E-state index >= 15 is 0 Å².